The molecular weight excluding hydrogens is 142 g/mol. The fourth-order valence-electron chi connectivity index (χ4n) is 1.57. The monoisotopic (exact) mass is 159 g/mol. The van der Waals surface area contributed by atoms with Crippen LogP contribution in [0.1, 0.15) is 19.3 Å². The van der Waals surface area contributed by atoms with E-state index in [9.17, 15) is 0 Å². The first-order chi connectivity index (χ1) is 5.36. The molecular formula is C8H17NO2. The molecule has 0 saturated carbocycles. The molecule has 0 aromatic heterocycles. The molecule has 0 aromatic rings. The van der Waals surface area contributed by atoms with Crippen molar-refractivity contribution in [2.45, 2.75) is 25.3 Å². The van der Waals surface area contributed by atoms with Gasteiger partial charge in [-0.3, -0.25) is 0 Å². The van der Waals surface area contributed by atoms with Crippen molar-refractivity contribution in [3.05, 3.63) is 0 Å². The first kappa shape index (κ1) is 8.97. The summed E-state index contributed by atoms with van der Waals surface area (Å²) >= 11 is 0. The topological polar surface area (TPSA) is 52.5 Å². The molecule has 0 spiro atoms. The second-order valence-electron chi connectivity index (χ2n) is 3.26. The van der Waals surface area contributed by atoms with Gasteiger partial charge in [-0.15, -0.1) is 0 Å². The molecule has 11 heavy (non-hydrogen) atoms. The molecule has 1 saturated heterocycles. The van der Waals surface area contributed by atoms with Crippen molar-refractivity contribution in [3.63, 3.8) is 0 Å². The number of hydrogen-bond acceptors (Lipinski definition) is 3. The maximum atomic E-state index is 8.80. The summed E-state index contributed by atoms with van der Waals surface area (Å²) in [5, 5.41) is 20.9. The van der Waals surface area contributed by atoms with Crippen molar-refractivity contribution in [3.8, 4) is 0 Å². The lowest BCUT2D eigenvalue weighted by atomic mass is 10.0. The van der Waals surface area contributed by atoms with Crippen molar-refractivity contribution in [1.29, 1.82) is 0 Å². The Morgan fingerprint density at radius 1 is 1.36 bits per heavy atom. The van der Waals surface area contributed by atoms with Gasteiger partial charge in [0.25, 0.3) is 0 Å². The molecule has 1 aliphatic heterocycles. The molecule has 0 aliphatic carbocycles. The SMILES string of the molecule is OCC(CO)CC1CCCN1. The lowest BCUT2D eigenvalue weighted by Crippen LogP contribution is -2.27. The van der Waals surface area contributed by atoms with Crippen LogP contribution in [0.2, 0.25) is 0 Å². The fourth-order valence-corrected chi connectivity index (χ4v) is 1.57. The van der Waals surface area contributed by atoms with Crippen molar-refractivity contribution in [1.82, 2.24) is 5.32 Å². The number of aliphatic hydroxyl groups is 2. The molecule has 3 N–H and O–H groups in total. The van der Waals surface area contributed by atoms with Gasteiger partial charge in [0, 0.05) is 25.2 Å². The van der Waals surface area contributed by atoms with Crippen LogP contribution in [-0.4, -0.2) is 36.0 Å². The van der Waals surface area contributed by atoms with Crippen molar-refractivity contribution < 1.29 is 10.2 Å². The Morgan fingerprint density at radius 3 is 2.55 bits per heavy atom. The van der Waals surface area contributed by atoms with Crippen LogP contribution in [0.3, 0.4) is 0 Å². The van der Waals surface area contributed by atoms with E-state index in [1.54, 1.807) is 0 Å². The van der Waals surface area contributed by atoms with E-state index in [1.807, 2.05) is 0 Å². The minimum atomic E-state index is 0.0746. The second kappa shape index (κ2) is 4.70. The molecule has 1 atom stereocenters. The Labute approximate surface area is 67.4 Å². The van der Waals surface area contributed by atoms with Gasteiger partial charge in [0.1, 0.15) is 0 Å². The number of hydrogen-bond donors (Lipinski definition) is 3. The predicted octanol–water partition coefficient (Wildman–Crippen LogP) is -0.271. The average Bonchev–Trinajstić information content (AvgIpc) is 2.52. The first-order valence-electron chi connectivity index (χ1n) is 4.32. The van der Waals surface area contributed by atoms with E-state index < -0.39 is 0 Å². The third-order valence-corrected chi connectivity index (χ3v) is 2.30. The normalized spacial score (nSPS) is 24.8. The third-order valence-electron chi connectivity index (χ3n) is 2.30. The number of nitrogens with one attached hydrogen (secondary N) is 1. The van der Waals surface area contributed by atoms with E-state index in [-0.39, 0.29) is 19.1 Å². The third kappa shape index (κ3) is 2.77. The van der Waals surface area contributed by atoms with Gasteiger partial charge in [0.2, 0.25) is 0 Å². The summed E-state index contributed by atoms with van der Waals surface area (Å²) in [4.78, 5) is 0. The molecule has 66 valence electrons. The zero-order valence-corrected chi connectivity index (χ0v) is 6.79. The van der Waals surface area contributed by atoms with Crippen molar-refractivity contribution in [2.75, 3.05) is 19.8 Å². The lowest BCUT2D eigenvalue weighted by molar-refractivity contribution is 0.136. The lowest BCUT2D eigenvalue weighted by Gasteiger charge is -2.15. The van der Waals surface area contributed by atoms with Gasteiger partial charge in [0.15, 0.2) is 0 Å². The van der Waals surface area contributed by atoms with E-state index in [4.69, 9.17) is 10.2 Å². The molecule has 0 aromatic carbocycles. The summed E-state index contributed by atoms with van der Waals surface area (Å²) in [6, 6.07) is 0.527. The molecule has 1 unspecified atom stereocenters. The smallest absolute Gasteiger partial charge is 0.0481 e. The van der Waals surface area contributed by atoms with Gasteiger partial charge in [-0.2, -0.15) is 0 Å². The molecule has 0 amide bonds. The van der Waals surface area contributed by atoms with E-state index in [0.29, 0.717) is 6.04 Å². The van der Waals surface area contributed by atoms with Crippen LogP contribution < -0.4 is 5.32 Å². The van der Waals surface area contributed by atoms with E-state index in [2.05, 4.69) is 5.32 Å². The van der Waals surface area contributed by atoms with Gasteiger partial charge in [-0.05, 0) is 25.8 Å². The van der Waals surface area contributed by atoms with Crippen LogP contribution in [-0.2, 0) is 0 Å². The Kier molecular flexibility index (Phi) is 3.83. The summed E-state index contributed by atoms with van der Waals surface area (Å²) < 4.78 is 0. The Bertz CT molecular complexity index is 98.3. The van der Waals surface area contributed by atoms with Gasteiger partial charge in [0.05, 0.1) is 0 Å². The summed E-state index contributed by atoms with van der Waals surface area (Å²) in [5.74, 6) is 0.0746. The highest BCUT2D eigenvalue weighted by atomic mass is 16.3. The van der Waals surface area contributed by atoms with Crippen LogP contribution in [0.5, 0.6) is 0 Å². The summed E-state index contributed by atoms with van der Waals surface area (Å²) in [6.07, 6.45) is 3.33. The highest BCUT2D eigenvalue weighted by Gasteiger charge is 2.18. The van der Waals surface area contributed by atoms with Gasteiger partial charge < -0.3 is 15.5 Å². The van der Waals surface area contributed by atoms with Crippen LogP contribution >= 0.6 is 0 Å². The zero-order valence-electron chi connectivity index (χ0n) is 6.79. The van der Waals surface area contributed by atoms with Gasteiger partial charge >= 0.3 is 0 Å². The molecule has 0 bridgehead atoms. The van der Waals surface area contributed by atoms with E-state index >= 15 is 0 Å². The Hall–Kier alpha value is -0.120. The van der Waals surface area contributed by atoms with Crippen molar-refractivity contribution in [2.24, 2.45) is 5.92 Å². The quantitative estimate of drug-likeness (QED) is 0.529. The maximum Gasteiger partial charge on any atom is 0.0481 e. The molecule has 3 nitrogen and oxygen atoms in total. The Morgan fingerprint density at radius 2 is 2.09 bits per heavy atom. The van der Waals surface area contributed by atoms with E-state index in [0.717, 1.165) is 13.0 Å². The standard InChI is InChI=1S/C8H17NO2/c10-5-7(6-11)4-8-2-1-3-9-8/h7-11H,1-6H2. The minimum absolute atomic E-state index is 0.0746. The van der Waals surface area contributed by atoms with Crippen molar-refractivity contribution >= 4 is 0 Å². The number of rotatable bonds is 4. The van der Waals surface area contributed by atoms with Crippen LogP contribution in [0, 0.1) is 5.92 Å². The average molecular weight is 159 g/mol. The van der Waals surface area contributed by atoms with E-state index in [1.165, 1.54) is 12.8 Å². The summed E-state index contributed by atoms with van der Waals surface area (Å²) in [7, 11) is 0. The molecule has 1 fully saturated rings. The largest absolute Gasteiger partial charge is 0.396 e. The summed E-state index contributed by atoms with van der Waals surface area (Å²) in [6.45, 7) is 1.30. The first-order valence-corrected chi connectivity index (χ1v) is 4.32. The fraction of sp³-hybridized carbons (Fsp3) is 1.00. The molecule has 1 aliphatic rings. The molecule has 0 radical (unpaired) electrons. The van der Waals surface area contributed by atoms with Gasteiger partial charge in [-0.1, -0.05) is 0 Å². The Balaban J connectivity index is 2.16. The van der Waals surface area contributed by atoms with Crippen LogP contribution in [0.15, 0.2) is 0 Å². The number of aliphatic hydroxyl groups excluding tert-OH is 2. The molecule has 3 heteroatoms. The zero-order chi connectivity index (χ0) is 8.10. The van der Waals surface area contributed by atoms with Crippen LogP contribution in [0.4, 0.5) is 0 Å². The highest BCUT2D eigenvalue weighted by molar-refractivity contribution is 4.76. The van der Waals surface area contributed by atoms with Gasteiger partial charge in [-0.25, -0.2) is 0 Å². The molecule has 1 heterocycles. The van der Waals surface area contributed by atoms with Crippen LogP contribution in [0.25, 0.3) is 0 Å². The highest BCUT2D eigenvalue weighted by Crippen LogP contribution is 2.13. The maximum absolute atomic E-state index is 8.80. The predicted molar refractivity (Wildman–Crippen MR) is 43.3 cm³/mol. The molecule has 1 rings (SSSR count). The summed E-state index contributed by atoms with van der Waals surface area (Å²) in [5.41, 5.74) is 0. The second-order valence-corrected chi connectivity index (χ2v) is 3.26. The minimum Gasteiger partial charge on any atom is -0.396 e.